The summed E-state index contributed by atoms with van der Waals surface area (Å²) in [7, 11) is 0. The van der Waals surface area contributed by atoms with Crippen molar-refractivity contribution in [2.24, 2.45) is 0 Å². The predicted octanol–water partition coefficient (Wildman–Crippen LogP) is 6.05. The van der Waals surface area contributed by atoms with Gasteiger partial charge >= 0.3 is 0 Å². The molecule has 0 atom stereocenters. The first kappa shape index (κ1) is 20.4. The van der Waals surface area contributed by atoms with Crippen molar-refractivity contribution in [3.8, 4) is 5.75 Å². The second-order valence-electron chi connectivity index (χ2n) is 6.91. The number of aromatic nitrogens is 1. The minimum atomic E-state index is 0.621. The lowest BCUT2D eigenvalue weighted by Gasteiger charge is -2.20. The maximum Gasteiger partial charge on any atom is 0.131 e. The summed E-state index contributed by atoms with van der Waals surface area (Å²) in [5.74, 6) is 1.58. The molecule has 0 saturated carbocycles. The minimum Gasteiger partial charge on any atom is -0.492 e. The zero-order chi connectivity index (χ0) is 19.9. The number of fused-ring (bicyclic) bond motifs is 1. The van der Waals surface area contributed by atoms with E-state index in [1.54, 1.807) is 0 Å². The Labute approximate surface area is 172 Å². The number of pyridine rings is 1. The number of rotatable bonds is 9. The van der Waals surface area contributed by atoms with Crippen molar-refractivity contribution in [3.05, 3.63) is 59.1 Å². The topological polar surface area (TPSA) is 37.4 Å². The lowest BCUT2D eigenvalue weighted by atomic mass is 10.2. The van der Waals surface area contributed by atoms with E-state index in [0.29, 0.717) is 11.6 Å². The van der Waals surface area contributed by atoms with Crippen LogP contribution in [-0.4, -0.2) is 36.1 Å². The fourth-order valence-corrected chi connectivity index (χ4v) is 3.37. The van der Waals surface area contributed by atoms with Gasteiger partial charge in [-0.25, -0.2) is 4.98 Å². The van der Waals surface area contributed by atoms with Crippen molar-refractivity contribution in [2.45, 2.75) is 27.2 Å². The Hall–Kier alpha value is -2.30. The van der Waals surface area contributed by atoms with E-state index >= 15 is 0 Å². The summed E-state index contributed by atoms with van der Waals surface area (Å²) >= 11 is 6.42. The lowest BCUT2D eigenvalue weighted by Crippen LogP contribution is -2.29. The molecule has 0 unspecified atom stereocenters. The number of hydrogen-bond donors (Lipinski definition) is 1. The third kappa shape index (κ3) is 5.15. The highest BCUT2D eigenvalue weighted by atomic mass is 35.5. The van der Waals surface area contributed by atoms with Gasteiger partial charge in [-0.3, -0.25) is 0 Å². The van der Waals surface area contributed by atoms with Crippen LogP contribution in [0.4, 0.5) is 11.5 Å². The van der Waals surface area contributed by atoms with Crippen LogP contribution in [-0.2, 0) is 0 Å². The van der Waals surface area contributed by atoms with Crippen LogP contribution in [0.5, 0.6) is 5.75 Å². The standard InChI is InChI=1S/C23H28ClN3O/c1-4-14-27(5-2)15-16-28-21-12-11-20(24)23-19(21)10-13-22(26-23)25-18-8-6-17(3)7-9-18/h6-13H,4-5,14-16H2,1-3H3,(H,25,26). The van der Waals surface area contributed by atoms with E-state index in [1.807, 2.05) is 36.4 Å². The first-order valence-electron chi connectivity index (χ1n) is 9.88. The van der Waals surface area contributed by atoms with Crippen molar-refractivity contribution in [1.82, 2.24) is 9.88 Å². The molecule has 148 valence electrons. The van der Waals surface area contributed by atoms with Crippen molar-refractivity contribution in [2.75, 3.05) is 31.6 Å². The van der Waals surface area contributed by atoms with Gasteiger partial charge in [-0.2, -0.15) is 0 Å². The van der Waals surface area contributed by atoms with Crippen LogP contribution >= 0.6 is 11.6 Å². The van der Waals surface area contributed by atoms with E-state index in [9.17, 15) is 0 Å². The number of nitrogens with one attached hydrogen (secondary N) is 1. The molecule has 1 heterocycles. The predicted molar refractivity (Wildman–Crippen MR) is 119 cm³/mol. The highest BCUT2D eigenvalue weighted by molar-refractivity contribution is 6.35. The van der Waals surface area contributed by atoms with Gasteiger partial charge in [-0.1, -0.05) is 43.1 Å². The van der Waals surface area contributed by atoms with Gasteiger partial charge in [0.05, 0.1) is 10.5 Å². The van der Waals surface area contributed by atoms with Crippen LogP contribution in [0.3, 0.4) is 0 Å². The Bertz CT molecular complexity index is 912. The Kier molecular flexibility index (Phi) is 7.12. The lowest BCUT2D eigenvalue weighted by molar-refractivity contribution is 0.217. The van der Waals surface area contributed by atoms with Crippen LogP contribution in [0.25, 0.3) is 10.9 Å². The van der Waals surface area contributed by atoms with E-state index < -0.39 is 0 Å². The Balaban J connectivity index is 1.76. The van der Waals surface area contributed by atoms with Gasteiger partial charge in [0.15, 0.2) is 0 Å². The van der Waals surface area contributed by atoms with E-state index in [2.05, 4.69) is 43.1 Å². The van der Waals surface area contributed by atoms with E-state index in [0.717, 1.165) is 54.2 Å². The molecule has 2 aromatic carbocycles. The van der Waals surface area contributed by atoms with E-state index in [4.69, 9.17) is 21.3 Å². The van der Waals surface area contributed by atoms with Crippen LogP contribution in [0.1, 0.15) is 25.8 Å². The first-order chi connectivity index (χ1) is 13.6. The average molecular weight is 398 g/mol. The molecule has 0 amide bonds. The molecule has 3 aromatic rings. The summed E-state index contributed by atoms with van der Waals surface area (Å²) in [5, 5.41) is 4.88. The average Bonchev–Trinajstić information content (AvgIpc) is 2.71. The molecule has 28 heavy (non-hydrogen) atoms. The maximum atomic E-state index is 6.42. The van der Waals surface area contributed by atoms with Crippen LogP contribution in [0.15, 0.2) is 48.5 Å². The summed E-state index contributed by atoms with van der Waals surface area (Å²) in [5.41, 5.74) is 2.97. The van der Waals surface area contributed by atoms with Crippen molar-refractivity contribution >= 4 is 34.0 Å². The highest BCUT2D eigenvalue weighted by Crippen LogP contribution is 2.32. The molecule has 0 aliphatic carbocycles. The summed E-state index contributed by atoms with van der Waals surface area (Å²) in [6, 6.07) is 16.0. The summed E-state index contributed by atoms with van der Waals surface area (Å²) < 4.78 is 6.06. The SMILES string of the molecule is CCCN(CC)CCOc1ccc(Cl)c2nc(Nc3ccc(C)cc3)ccc12. The van der Waals surface area contributed by atoms with E-state index in [1.165, 1.54) is 5.56 Å². The molecule has 1 N–H and O–H groups in total. The van der Waals surface area contributed by atoms with Crippen molar-refractivity contribution < 1.29 is 4.74 Å². The van der Waals surface area contributed by atoms with Crippen LogP contribution in [0, 0.1) is 6.92 Å². The van der Waals surface area contributed by atoms with Crippen LogP contribution in [0.2, 0.25) is 5.02 Å². The summed E-state index contributed by atoms with van der Waals surface area (Å²) in [6.07, 6.45) is 1.15. The molecule has 1 aromatic heterocycles. The van der Waals surface area contributed by atoms with Gasteiger partial charge in [0, 0.05) is 17.6 Å². The Morgan fingerprint density at radius 1 is 1.00 bits per heavy atom. The number of likely N-dealkylation sites (N-methyl/N-ethyl adjacent to an activating group) is 1. The fraction of sp³-hybridized carbons (Fsp3) is 0.348. The minimum absolute atomic E-state index is 0.621. The number of hydrogen-bond acceptors (Lipinski definition) is 4. The second kappa shape index (κ2) is 9.76. The first-order valence-corrected chi connectivity index (χ1v) is 10.3. The van der Waals surface area contributed by atoms with Gasteiger partial charge < -0.3 is 15.0 Å². The smallest absolute Gasteiger partial charge is 0.131 e. The molecule has 0 radical (unpaired) electrons. The molecule has 0 saturated heterocycles. The fourth-order valence-electron chi connectivity index (χ4n) is 3.17. The van der Waals surface area contributed by atoms with Gasteiger partial charge in [0.1, 0.15) is 18.2 Å². The largest absolute Gasteiger partial charge is 0.492 e. The number of aryl methyl sites for hydroxylation is 1. The summed E-state index contributed by atoms with van der Waals surface area (Å²) in [4.78, 5) is 7.10. The van der Waals surface area contributed by atoms with Crippen molar-refractivity contribution in [1.29, 1.82) is 0 Å². The maximum absolute atomic E-state index is 6.42. The number of benzene rings is 2. The Morgan fingerprint density at radius 3 is 2.50 bits per heavy atom. The van der Waals surface area contributed by atoms with Crippen molar-refractivity contribution in [3.63, 3.8) is 0 Å². The molecule has 5 heteroatoms. The molecular weight excluding hydrogens is 370 g/mol. The molecule has 0 aliphatic heterocycles. The molecular formula is C23H28ClN3O. The number of anilines is 2. The van der Waals surface area contributed by atoms with Crippen LogP contribution < -0.4 is 10.1 Å². The third-order valence-corrected chi connectivity index (χ3v) is 5.05. The summed E-state index contributed by atoms with van der Waals surface area (Å²) in [6.45, 7) is 10.1. The zero-order valence-electron chi connectivity index (χ0n) is 16.8. The Morgan fingerprint density at radius 2 is 1.79 bits per heavy atom. The molecule has 4 nitrogen and oxygen atoms in total. The third-order valence-electron chi connectivity index (χ3n) is 4.74. The molecule has 0 spiro atoms. The zero-order valence-corrected chi connectivity index (χ0v) is 17.6. The van der Waals surface area contributed by atoms with E-state index in [-0.39, 0.29) is 0 Å². The van der Waals surface area contributed by atoms with Gasteiger partial charge in [0.2, 0.25) is 0 Å². The van der Waals surface area contributed by atoms with Gasteiger partial charge in [-0.05, 0) is 62.8 Å². The second-order valence-corrected chi connectivity index (χ2v) is 7.32. The van der Waals surface area contributed by atoms with Gasteiger partial charge in [-0.15, -0.1) is 0 Å². The highest BCUT2D eigenvalue weighted by Gasteiger charge is 2.10. The molecule has 0 aliphatic rings. The molecule has 0 fully saturated rings. The number of ether oxygens (including phenoxy) is 1. The molecule has 0 bridgehead atoms. The monoisotopic (exact) mass is 397 g/mol. The molecule has 3 rings (SSSR count). The quantitative estimate of drug-likeness (QED) is 0.476. The number of nitrogens with zero attached hydrogens (tertiary/aromatic N) is 2. The normalized spacial score (nSPS) is 11.2. The van der Waals surface area contributed by atoms with Gasteiger partial charge in [0.25, 0.3) is 0 Å². The number of halogens is 1.